The predicted octanol–water partition coefficient (Wildman–Crippen LogP) is 3.46. The molecule has 0 atom stereocenters. The zero-order valence-electron chi connectivity index (χ0n) is 15.2. The second-order valence-electron chi connectivity index (χ2n) is 6.61. The van der Waals surface area contributed by atoms with Gasteiger partial charge in [-0.25, -0.2) is 0 Å². The standard InChI is InChI=1S/C18H19N5O3S2/c1-10-9-14(20-16(24)12-3-2-8-26-12)28-15(10)17(25)19-7-6-13-21-22-18(27)23(13)11-4-5-11/h2-3,8-9,11H,4-7H2,1H3,(H,19,25)(H,20,24)(H,22,27). The molecule has 0 aromatic carbocycles. The Labute approximate surface area is 170 Å². The molecule has 0 aliphatic heterocycles. The van der Waals surface area contributed by atoms with Crippen molar-refractivity contribution in [1.29, 1.82) is 0 Å². The van der Waals surface area contributed by atoms with Crippen LogP contribution in [0, 0.1) is 11.7 Å². The lowest BCUT2D eigenvalue weighted by Crippen LogP contribution is -2.26. The molecule has 0 bridgehead atoms. The number of H-pyrrole nitrogens is 1. The van der Waals surface area contributed by atoms with Crippen LogP contribution in [0.5, 0.6) is 0 Å². The van der Waals surface area contributed by atoms with Gasteiger partial charge < -0.3 is 19.6 Å². The van der Waals surface area contributed by atoms with Crippen LogP contribution in [0.3, 0.4) is 0 Å². The first-order valence-corrected chi connectivity index (χ1v) is 10.1. The average molecular weight is 418 g/mol. The third-order valence-electron chi connectivity index (χ3n) is 4.43. The van der Waals surface area contributed by atoms with Gasteiger partial charge in [0.05, 0.1) is 16.1 Å². The lowest BCUT2D eigenvalue weighted by Gasteiger charge is -2.06. The van der Waals surface area contributed by atoms with Crippen molar-refractivity contribution in [2.45, 2.75) is 32.2 Å². The van der Waals surface area contributed by atoms with E-state index in [1.165, 1.54) is 17.6 Å². The average Bonchev–Trinajstić information content (AvgIpc) is 3.06. The third-order valence-corrected chi connectivity index (χ3v) is 5.87. The molecule has 8 nitrogen and oxygen atoms in total. The smallest absolute Gasteiger partial charge is 0.291 e. The van der Waals surface area contributed by atoms with E-state index in [0.717, 1.165) is 24.2 Å². The van der Waals surface area contributed by atoms with Crippen LogP contribution in [-0.4, -0.2) is 33.1 Å². The van der Waals surface area contributed by atoms with Gasteiger partial charge in [0, 0.05) is 19.0 Å². The van der Waals surface area contributed by atoms with Crippen molar-refractivity contribution in [3.8, 4) is 0 Å². The summed E-state index contributed by atoms with van der Waals surface area (Å²) in [6.45, 7) is 2.29. The number of thiophene rings is 1. The highest BCUT2D eigenvalue weighted by molar-refractivity contribution is 7.71. The summed E-state index contributed by atoms with van der Waals surface area (Å²) in [4.78, 5) is 25.2. The Kier molecular flexibility index (Phi) is 5.14. The highest BCUT2D eigenvalue weighted by Gasteiger charge is 2.27. The van der Waals surface area contributed by atoms with Crippen LogP contribution >= 0.6 is 23.6 Å². The van der Waals surface area contributed by atoms with Gasteiger partial charge in [0.1, 0.15) is 5.82 Å². The van der Waals surface area contributed by atoms with Gasteiger partial charge in [-0.2, -0.15) is 5.10 Å². The summed E-state index contributed by atoms with van der Waals surface area (Å²) < 4.78 is 7.75. The zero-order chi connectivity index (χ0) is 19.7. The van der Waals surface area contributed by atoms with Crippen molar-refractivity contribution in [1.82, 2.24) is 20.1 Å². The number of carbonyl (C=O) groups is 2. The first kappa shape index (κ1) is 18.6. The Morgan fingerprint density at radius 1 is 1.43 bits per heavy atom. The summed E-state index contributed by atoms with van der Waals surface area (Å²) in [5.74, 6) is 0.567. The molecular formula is C18H19N5O3S2. The van der Waals surface area contributed by atoms with Gasteiger partial charge in [-0.15, -0.1) is 11.3 Å². The Bertz CT molecular complexity index is 1060. The summed E-state index contributed by atoms with van der Waals surface area (Å²) in [6.07, 6.45) is 4.28. The van der Waals surface area contributed by atoms with Crippen molar-refractivity contribution >= 4 is 40.4 Å². The number of furan rings is 1. The van der Waals surface area contributed by atoms with Gasteiger partial charge >= 0.3 is 0 Å². The summed E-state index contributed by atoms with van der Waals surface area (Å²) >= 11 is 6.50. The number of aromatic amines is 1. The minimum atomic E-state index is -0.346. The maximum Gasteiger partial charge on any atom is 0.291 e. The number of nitrogens with zero attached hydrogens (tertiary/aromatic N) is 2. The molecule has 4 rings (SSSR count). The number of anilines is 1. The topological polar surface area (TPSA) is 105 Å². The van der Waals surface area contributed by atoms with Crippen molar-refractivity contribution in [3.05, 3.63) is 51.3 Å². The molecule has 10 heteroatoms. The fraction of sp³-hybridized carbons (Fsp3) is 0.333. The van der Waals surface area contributed by atoms with Gasteiger partial charge in [0.25, 0.3) is 11.8 Å². The van der Waals surface area contributed by atoms with E-state index in [4.69, 9.17) is 16.6 Å². The van der Waals surface area contributed by atoms with Gasteiger partial charge in [-0.05, 0) is 55.7 Å². The SMILES string of the molecule is Cc1cc(NC(=O)c2ccco2)sc1C(=O)NCCc1n[nH]c(=S)n1C1CC1. The Hall–Kier alpha value is -2.72. The molecule has 3 aromatic heterocycles. The summed E-state index contributed by atoms with van der Waals surface area (Å²) in [7, 11) is 0. The molecule has 0 spiro atoms. The molecule has 1 fully saturated rings. The van der Waals surface area contributed by atoms with Crippen LogP contribution in [0.15, 0.2) is 28.9 Å². The van der Waals surface area contributed by atoms with Crippen LogP contribution < -0.4 is 10.6 Å². The van der Waals surface area contributed by atoms with E-state index in [1.807, 2.05) is 11.5 Å². The van der Waals surface area contributed by atoms with E-state index in [2.05, 4.69) is 20.8 Å². The van der Waals surface area contributed by atoms with Crippen molar-refractivity contribution in [3.63, 3.8) is 0 Å². The van der Waals surface area contributed by atoms with E-state index in [9.17, 15) is 9.59 Å². The first-order chi connectivity index (χ1) is 13.5. The molecule has 0 saturated heterocycles. The molecule has 3 heterocycles. The molecule has 3 N–H and O–H groups in total. The number of carbonyl (C=O) groups excluding carboxylic acids is 2. The van der Waals surface area contributed by atoms with Crippen molar-refractivity contribution in [2.75, 3.05) is 11.9 Å². The summed E-state index contributed by atoms with van der Waals surface area (Å²) in [6, 6.07) is 5.45. The maximum absolute atomic E-state index is 12.5. The number of aryl methyl sites for hydroxylation is 1. The van der Waals surface area contributed by atoms with Crippen LogP contribution in [0.2, 0.25) is 0 Å². The molecule has 1 aliphatic carbocycles. The zero-order valence-corrected chi connectivity index (χ0v) is 16.8. The lowest BCUT2D eigenvalue weighted by atomic mass is 10.2. The van der Waals surface area contributed by atoms with E-state index < -0.39 is 0 Å². The molecular weight excluding hydrogens is 398 g/mol. The summed E-state index contributed by atoms with van der Waals surface area (Å²) in [5, 5.41) is 13.4. The second kappa shape index (κ2) is 7.72. The highest BCUT2D eigenvalue weighted by atomic mass is 32.1. The van der Waals surface area contributed by atoms with E-state index in [-0.39, 0.29) is 17.6 Å². The largest absolute Gasteiger partial charge is 0.459 e. The van der Waals surface area contributed by atoms with Crippen LogP contribution in [-0.2, 0) is 6.42 Å². The molecule has 28 heavy (non-hydrogen) atoms. The number of nitrogens with one attached hydrogen (secondary N) is 3. The third kappa shape index (κ3) is 3.92. The second-order valence-corrected chi connectivity index (χ2v) is 8.05. The summed E-state index contributed by atoms with van der Waals surface area (Å²) in [5.41, 5.74) is 0.804. The predicted molar refractivity (Wildman–Crippen MR) is 107 cm³/mol. The lowest BCUT2D eigenvalue weighted by molar-refractivity contribution is 0.0955. The number of rotatable bonds is 7. The molecule has 0 unspecified atom stereocenters. The number of aromatic nitrogens is 3. The Morgan fingerprint density at radius 2 is 2.25 bits per heavy atom. The molecule has 146 valence electrons. The Balaban J connectivity index is 1.35. The number of amides is 2. The first-order valence-electron chi connectivity index (χ1n) is 8.92. The molecule has 1 aliphatic rings. The van der Waals surface area contributed by atoms with E-state index >= 15 is 0 Å². The molecule has 2 amide bonds. The molecule has 1 saturated carbocycles. The van der Waals surface area contributed by atoms with Crippen LogP contribution in [0.25, 0.3) is 0 Å². The highest BCUT2D eigenvalue weighted by Crippen LogP contribution is 2.35. The van der Waals surface area contributed by atoms with Gasteiger partial charge in [0.15, 0.2) is 10.5 Å². The monoisotopic (exact) mass is 417 g/mol. The molecule has 3 aromatic rings. The van der Waals surface area contributed by atoms with Crippen molar-refractivity contribution < 1.29 is 14.0 Å². The van der Waals surface area contributed by atoms with Gasteiger partial charge in [0.2, 0.25) is 0 Å². The fourth-order valence-electron chi connectivity index (χ4n) is 2.94. The fourth-order valence-corrected chi connectivity index (χ4v) is 4.23. The molecule has 0 radical (unpaired) electrons. The maximum atomic E-state index is 12.5. The van der Waals surface area contributed by atoms with Crippen LogP contribution in [0.4, 0.5) is 5.00 Å². The number of hydrogen-bond acceptors (Lipinski definition) is 6. The van der Waals surface area contributed by atoms with Gasteiger partial charge in [-0.1, -0.05) is 0 Å². The number of hydrogen-bond donors (Lipinski definition) is 3. The van der Waals surface area contributed by atoms with Gasteiger partial charge in [-0.3, -0.25) is 14.7 Å². The normalized spacial score (nSPS) is 13.5. The minimum absolute atomic E-state index is 0.173. The van der Waals surface area contributed by atoms with Crippen molar-refractivity contribution in [2.24, 2.45) is 0 Å². The minimum Gasteiger partial charge on any atom is -0.459 e. The van der Waals surface area contributed by atoms with E-state index in [0.29, 0.717) is 33.7 Å². The quantitative estimate of drug-likeness (QED) is 0.511. The van der Waals surface area contributed by atoms with Crippen LogP contribution in [0.1, 0.15) is 50.5 Å². The van der Waals surface area contributed by atoms with E-state index in [1.54, 1.807) is 18.2 Å². The Morgan fingerprint density at radius 3 is 2.96 bits per heavy atom.